The standard InChI is InChI=1S/C20H16Cl2F2N4O7S/c21-12-5-10(28-20(31)25-19(30)16(26-28)18(23)24)6-13(22)17(12)35-11-1-2-14(29)15(7-11)36(32,33)27-9-3-4-34-8-9/h1-2,5-7,9,18,27,29H,3-4,8H2,(H,25,30,31). The number of aromatic amines is 1. The van der Waals surface area contributed by atoms with Crippen molar-refractivity contribution >= 4 is 33.2 Å². The van der Waals surface area contributed by atoms with Gasteiger partial charge in [0.1, 0.15) is 16.4 Å². The van der Waals surface area contributed by atoms with Crippen LogP contribution in [0.3, 0.4) is 0 Å². The molecular weight excluding hydrogens is 549 g/mol. The zero-order chi connectivity index (χ0) is 26.2. The molecule has 0 aliphatic carbocycles. The van der Waals surface area contributed by atoms with Gasteiger partial charge in [0, 0.05) is 18.7 Å². The Labute approximate surface area is 211 Å². The number of alkyl halides is 2. The summed E-state index contributed by atoms with van der Waals surface area (Å²) in [5.74, 6) is -0.758. The number of hydrogen-bond acceptors (Lipinski definition) is 8. The van der Waals surface area contributed by atoms with Crippen LogP contribution in [0.5, 0.6) is 17.2 Å². The number of rotatable bonds is 7. The van der Waals surface area contributed by atoms with E-state index in [9.17, 15) is 31.9 Å². The molecule has 1 aliphatic heterocycles. The molecule has 1 aromatic heterocycles. The lowest BCUT2D eigenvalue weighted by molar-refractivity contribution is 0.141. The molecule has 0 spiro atoms. The minimum atomic E-state index is -4.13. The van der Waals surface area contributed by atoms with Crippen molar-refractivity contribution in [3.8, 4) is 22.9 Å². The first-order valence-corrected chi connectivity index (χ1v) is 12.3. The van der Waals surface area contributed by atoms with Gasteiger partial charge in [-0.1, -0.05) is 23.2 Å². The SMILES string of the molecule is O=c1[nH]c(=O)n(-c2cc(Cl)c(Oc3ccc(O)c(S(=O)(=O)NC4CCOC4)c3)c(Cl)c2)nc1C(F)F. The number of nitrogens with zero attached hydrogens (tertiary/aromatic N) is 2. The van der Waals surface area contributed by atoms with E-state index >= 15 is 0 Å². The molecule has 36 heavy (non-hydrogen) atoms. The summed E-state index contributed by atoms with van der Waals surface area (Å²) in [4.78, 5) is 24.9. The van der Waals surface area contributed by atoms with Crippen molar-refractivity contribution in [2.45, 2.75) is 23.8 Å². The highest BCUT2D eigenvalue weighted by Gasteiger charge is 2.27. The van der Waals surface area contributed by atoms with Gasteiger partial charge in [-0.2, -0.15) is 9.78 Å². The Bertz CT molecular complexity index is 1520. The first kappa shape index (κ1) is 26.0. The molecule has 0 saturated carbocycles. The highest BCUT2D eigenvalue weighted by atomic mass is 35.5. The zero-order valence-corrected chi connectivity index (χ0v) is 20.2. The number of aromatic hydroxyl groups is 1. The van der Waals surface area contributed by atoms with E-state index in [2.05, 4.69) is 9.82 Å². The van der Waals surface area contributed by atoms with Crippen LogP contribution in [0.2, 0.25) is 10.0 Å². The molecule has 2 aromatic carbocycles. The Kier molecular flexibility index (Phi) is 7.33. The average Bonchev–Trinajstić information content (AvgIpc) is 3.29. The first-order valence-electron chi connectivity index (χ1n) is 10.1. The maximum Gasteiger partial charge on any atom is 0.349 e. The van der Waals surface area contributed by atoms with Crippen molar-refractivity contribution in [3.05, 3.63) is 66.9 Å². The molecule has 0 radical (unpaired) electrons. The molecule has 3 aromatic rings. The maximum atomic E-state index is 13.0. The van der Waals surface area contributed by atoms with Gasteiger partial charge in [-0.15, -0.1) is 0 Å². The van der Waals surface area contributed by atoms with Crippen LogP contribution in [0.15, 0.2) is 44.8 Å². The summed E-state index contributed by atoms with van der Waals surface area (Å²) in [6, 6.07) is 5.19. The summed E-state index contributed by atoms with van der Waals surface area (Å²) in [7, 11) is -4.13. The fourth-order valence-corrected chi connectivity index (χ4v) is 5.22. The van der Waals surface area contributed by atoms with Crippen LogP contribution in [-0.4, -0.2) is 47.5 Å². The maximum absolute atomic E-state index is 13.0. The molecule has 16 heteroatoms. The molecule has 3 N–H and O–H groups in total. The minimum absolute atomic E-state index is 0.0632. The molecule has 0 amide bonds. The molecule has 4 rings (SSSR count). The second kappa shape index (κ2) is 10.1. The van der Waals surface area contributed by atoms with Gasteiger partial charge in [-0.05, 0) is 30.7 Å². The number of ether oxygens (including phenoxy) is 2. The van der Waals surface area contributed by atoms with Crippen molar-refractivity contribution in [1.29, 1.82) is 0 Å². The van der Waals surface area contributed by atoms with Gasteiger partial charge >= 0.3 is 5.69 Å². The van der Waals surface area contributed by atoms with Crippen LogP contribution in [0.25, 0.3) is 5.69 Å². The van der Waals surface area contributed by atoms with Crippen molar-refractivity contribution < 1.29 is 31.8 Å². The Morgan fingerprint density at radius 2 is 1.92 bits per heavy atom. The summed E-state index contributed by atoms with van der Waals surface area (Å²) in [5.41, 5.74) is -3.79. The Morgan fingerprint density at radius 3 is 2.53 bits per heavy atom. The van der Waals surface area contributed by atoms with Crippen LogP contribution >= 0.6 is 23.2 Å². The van der Waals surface area contributed by atoms with Gasteiger partial charge in [0.25, 0.3) is 12.0 Å². The van der Waals surface area contributed by atoms with Crippen molar-refractivity contribution in [3.63, 3.8) is 0 Å². The third-order valence-electron chi connectivity index (χ3n) is 4.98. The number of phenolic OH excluding ortho intramolecular Hbond substituents is 1. The summed E-state index contributed by atoms with van der Waals surface area (Å²) in [5, 5.41) is 13.1. The molecule has 2 heterocycles. The van der Waals surface area contributed by atoms with E-state index in [1.54, 1.807) is 4.98 Å². The lowest BCUT2D eigenvalue weighted by Gasteiger charge is -2.15. The molecule has 1 aliphatic rings. The quantitative estimate of drug-likeness (QED) is 0.396. The zero-order valence-electron chi connectivity index (χ0n) is 17.9. The van der Waals surface area contributed by atoms with Gasteiger partial charge in [-0.3, -0.25) is 9.78 Å². The number of hydrogen-bond donors (Lipinski definition) is 3. The van der Waals surface area contributed by atoms with E-state index in [0.29, 0.717) is 17.7 Å². The number of halogens is 4. The fraction of sp³-hybridized carbons (Fsp3) is 0.250. The van der Waals surface area contributed by atoms with Crippen molar-refractivity contribution in [2.75, 3.05) is 13.2 Å². The first-order chi connectivity index (χ1) is 17.0. The number of benzene rings is 2. The van der Waals surface area contributed by atoms with Gasteiger partial charge in [-0.25, -0.2) is 26.7 Å². The predicted molar refractivity (Wildman–Crippen MR) is 123 cm³/mol. The van der Waals surface area contributed by atoms with Gasteiger partial charge in [0.15, 0.2) is 11.4 Å². The summed E-state index contributed by atoms with van der Waals surface area (Å²) < 4.78 is 65.2. The van der Waals surface area contributed by atoms with Crippen LogP contribution in [0.4, 0.5) is 8.78 Å². The molecular formula is C20H16Cl2F2N4O7S. The van der Waals surface area contributed by atoms with E-state index in [1.165, 1.54) is 6.07 Å². The molecule has 11 nitrogen and oxygen atoms in total. The van der Waals surface area contributed by atoms with E-state index in [0.717, 1.165) is 24.3 Å². The monoisotopic (exact) mass is 564 g/mol. The number of nitrogens with one attached hydrogen (secondary N) is 2. The number of H-pyrrole nitrogens is 1. The topological polar surface area (TPSA) is 153 Å². The lowest BCUT2D eigenvalue weighted by atomic mass is 10.3. The van der Waals surface area contributed by atoms with Gasteiger partial charge in [0.2, 0.25) is 10.0 Å². The van der Waals surface area contributed by atoms with E-state index in [1.807, 2.05) is 0 Å². The second-order valence-corrected chi connectivity index (χ2v) is 10.0. The largest absolute Gasteiger partial charge is 0.507 e. The number of aromatic nitrogens is 3. The minimum Gasteiger partial charge on any atom is -0.507 e. The van der Waals surface area contributed by atoms with Crippen LogP contribution in [-0.2, 0) is 14.8 Å². The van der Waals surface area contributed by atoms with E-state index < -0.39 is 50.1 Å². The van der Waals surface area contributed by atoms with E-state index in [4.69, 9.17) is 32.7 Å². The lowest BCUT2D eigenvalue weighted by Crippen LogP contribution is -2.35. The summed E-state index contributed by atoms with van der Waals surface area (Å²) in [6.07, 6.45) is -2.77. The van der Waals surface area contributed by atoms with E-state index in [-0.39, 0.29) is 33.8 Å². The predicted octanol–water partition coefficient (Wildman–Crippen LogP) is 2.73. The summed E-state index contributed by atoms with van der Waals surface area (Å²) in [6.45, 7) is 0.596. The molecule has 1 atom stereocenters. The van der Waals surface area contributed by atoms with Crippen molar-refractivity contribution in [1.82, 2.24) is 19.5 Å². The molecule has 1 unspecified atom stereocenters. The van der Waals surface area contributed by atoms with Gasteiger partial charge < -0.3 is 14.6 Å². The van der Waals surface area contributed by atoms with Crippen LogP contribution in [0, 0.1) is 0 Å². The third-order valence-corrected chi connectivity index (χ3v) is 7.09. The molecule has 1 fully saturated rings. The van der Waals surface area contributed by atoms with Crippen LogP contribution in [0.1, 0.15) is 18.5 Å². The van der Waals surface area contributed by atoms with Crippen molar-refractivity contribution in [2.24, 2.45) is 0 Å². The number of phenols is 1. The van der Waals surface area contributed by atoms with Gasteiger partial charge in [0.05, 0.1) is 22.3 Å². The highest BCUT2D eigenvalue weighted by Crippen LogP contribution is 2.39. The second-order valence-electron chi connectivity index (χ2n) is 7.51. The Hall–Kier alpha value is -3.04. The molecule has 1 saturated heterocycles. The number of sulfonamides is 1. The van der Waals surface area contributed by atoms with Crippen LogP contribution < -0.4 is 20.7 Å². The smallest absolute Gasteiger partial charge is 0.349 e. The normalized spacial score (nSPS) is 16.0. The molecule has 192 valence electrons. The fourth-order valence-electron chi connectivity index (χ4n) is 3.30. The highest BCUT2D eigenvalue weighted by molar-refractivity contribution is 7.89. The Morgan fingerprint density at radius 1 is 1.22 bits per heavy atom. The third kappa shape index (κ3) is 5.37. The summed E-state index contributed by atoms with van der Waals surface area (Å²) >= 11 is 12.5. The Balaban J connectivity index is 1.67. The molecule has 0 bridgehead atoms. The average molecular weight is 565 g/mol.